The van der Waals surface area contributed by atoms with E-state index in [1.807, 2.05) is 18.4 Å². The number of hydrogen-bond acceptors (Lipinski definition) is 6. The summed E-state index contributed by atoms with van der Waals surface area (Å²) in [5.74, 6) is 2.15. The van der Waals surface area contributed by atoms with E-state index in [2.05, 4.69) is 25.5 Å². The van der Waals surface area contributed by atoms with Gasteiger partial charge in [-0.15, -0.1) is 10.2 Å². The molecular formula is C11H17N7. The lowest BCUT2D eigenvalue weighted by molar-refractivity contribution is 0.707. The van der Waals surface area contributed by atoms with Gasteiger partial charge in [-0.05, 0) is 13.3 Å². The molecule has 0 amide bonds. The first-order chi connectivity index (χ1) is 8.76. The molecule has 0 fully saturated rings. The van der Waals surface area contributed by atoms with Crippen molar-refractivity contribution in [1.82, 2.24) is 24.7 Å². The predicted molar refractivity (Wildman–Crippen MR) is 68.8 cm³/mol. The van der Waals surface area contributed by atoms with Crippen LogP contribution in [0.5, 0.6) is 0 Å². The molecule has 0 saturated carbocycles. The summed E-state index contributed by atoms with van der Waals surface area (Å²) in [5.41, 5.74) is 6.74. The van der Waals surface area contributed by atoms with E-state index in [1.165, 1.54) is 6.33 Å². The van der Waals surface area contributed by atoms with Crippen molar-refractivity contribution in [2.75, 3.05) is 11.1 Å². The minimum Gasteiger partial charge on any atom is -0.383 e. The summed E-state index contributed by atoms with van der Waals surface area (Å²) in [6, 6.07) is 0. The van der Waals surface area contributed by atoms with E-state index >= 15 is 0 Å². The Balaban J connectivity index is 2.13. The average molecular weight is 247 g/mol. The first-order valence-corrected chi connectivity index (χ1v) is 5.96. The van der Waals surface area contributed by atoms with Gasteiger partial charge in [-0.3, -0.25) is 0 Å². The summed E-state index contributed by atoms with van der Waals surface area (Å²) in [4.78, 5) is 8.19. The van der Waals surface area contributed by atoms with Gasteiger partial charge in [0.2, 0.25) is 0 Å². The van der Waals surface area contributed by atoms with Crippen LogP contribution in [-0.2, 0) is 19.5 Å². The van der Waals surface area contributed by atoms with Gasteiger partial charge in [0.1, 0.15) is 24.3 Å². The zero-order valence-electron chi connectivity index (χ0n) is 10.6. The molecule has 2 rings (SSSR count). The van der Waals surface area contributed by atoms with E-state index in [0.29, 0.717) is 12.4 Å². The number of hydrogen-bond donors (Lipinski definition) is 2. The summed E-state index contributed by atoms with van der Waals surface area (Å²) < 4.78 is 1.98. The van der Waals surface area contributed by atoms with Crippen molar-refractivity contribution in [1.29, 1.82) is 0 Å². The monoisotopic (exact) mass is 247 g/mol. The standard InChI is InChI=1S/C11H17N7/c1-3-8-10(12)14-6-15-11(8)13-5-9-17-16-7-18(9)4-2/h6-7H,3-5H2,1-2H3,(H3,12,13,14,15). The topological polar surface area (TPSA) is 94.5 Å². The third kappa shape index (κ3) is 2.39. The molecule has 96 valence electrons. The molecule has 0 unspecified atom stereocenters. The van der Waals surface area contributed by atoms with E-state index in [0.717, 1.165) is 30.2 Å². The molecule has 0 aliphatic heterocycles. The number of anilines is 2. The van der Waals surface area contributed by atoms with Crippen LogP contribution in [0.25, 0.3) is 0 Å². The third-order valence-corrected chi connectivity index (χ3v) is 2.78. The van der Waals surface area contributed by atoms with Crippen molar-refractivity contribution in [3.05, 3.63) is 24.0 Å². The first kappa shape index (κ1) is 12.3. The average Bonchev–Trinajstić information content (AvgIpc) is 2.83. The smallest absolute Gasteiger partial charge is 0.152 e. The van der Waals surface area contributed by atoms with E-state index in [4.69, 9.17) is 5.73 Å². The molecule has 0 aliphatic rings. The summed E-state index contributed by atoms with van der Waals surface area (Å²) in [5, 5.41) is 11.2. The molecule has 7 heteroatoms. The van der Waals surface area contributed by atoms with Crippen molar-refractivity contribution < 1.29 is 0 Å². The van der Waals surface area contributed by atoms with E-state index in [-0.39, 0.29) is 0 Å². The fraction of sp³-hybridized carbons (Fsp3) is 0.455. The zero-order valence-corrected chi connectivity index (χ0v) is 10.6. The highest BCUT2D eigenvalue weighted by Crippen LogP contribution is 2.17. The van der Waals surface area contributed by atoms with Crippen molar-refractivity contribution in [3.63, 3.8) is 0 Å². The quantitative estimate of drug-likeness (QED) is 0.813. The van der Waals surface area contributed by atoms with Crippen LogP contribution in [0.1, 0.15) is 25.2 Å². The van der Waals surface area contributed by atoms with Gasteiger partial charge in [0, 0.05) is 12.1 Å². The normalized spacial score (nSPS) is 10.6. The van der Waals surface area contributed by atoms with Gasteiger partial charge in [0.25, 0.3) is 0 Å². The highest BCUT2D eigenvalue weighted by atomic mass is 15.3. The molecule has 0 atom stereocenters. The van der Waals surface area contributed by atoms with Gasteiger partial charge in [0.05, 0.1) is 6.54 Å². The predicted octanol–water partition coefficient (Wildman–Crippen LogP) is 0.845. The van der Waals surface area contributed by atoms with Crippen molar-refractivity contribution in [3.8, 4) is 0 Å². The number of nitrogens with zero attached hydrogens (tertiary/aromatic N) is 5. The van der Waals surface area contributed by atoms with Crippen LogP contribution in [0, 0.1) is 0 Å². The van der Waals surface area contributed by atoms with Crippen molar-refractivity contribution in [2.24, 2.45) is 0 Å². The first-order valence-electron chi connectivity index (χ1n) is 5.96. The molecule has 2 aromatic rings. The molecule has 7 nitrogen and oxygen atoms in total. The molecule has 0 bridgehead atoms. The summed E-state index contributed by atoms with van der Waals surface area (Å²) in [7, 11) is 0. The van der Waals surface area contributed by atoms with Crippen LogP contribution in [0.3, 0.4) is 0 Å². The van der Waals surface area contributed by atoms with Crippen LogP contribution in [-0.4, -0.2) is 24.7 Å². The second kappa shape index (κ2) is 5.44. The molecule has 2 aromatic heterocycles. The SMILES string of the molecule is CCc1c(N)ncnc1NCc1nncn1CC. The number of nitrogens with one attached hydrogen (secondary N) is 1. The molecule has 0 radical (unpaired) electrons. The van der Waals surface area contributed by atoms with Gasteiger partial charge in [-0.25, -0.2) is 9.97 Å². The number of rotatable bonds is 5. The Morgan fingerprint density at radius 3 is 2.89 bits per heavy atom. The maximum atomic E-state index is 5.81. The summed E-state index contributed by atoms with van der Waals surface area (Å²) in [6.07, 6.45) is 3.96. The van der Waals surface area contributed by atoms with E-state index in [1.54, 1.807) is 6.33 Å². The Morgan fingerprint density at radius 2 is 2.17 bits per heavy atom. The lowest BCUT2D eigenvalue weighted by Gasteiger charge is -2.10. The maximum Gasteiger partial charge on any atom is 0.152 e. The lowest BCUT2D eigenvalue weighted by Crippen LogP contribution is -2.11. The van der Waals surface area contributed by atoms with Crippen LogP contribution >= 0.6 is 0 Å². The third-order valence-electron chi connectivity index (χ3n) is 2.78. The van der Waals surface area contributed by atoms with Crippen LogP contribution in [0.15, 0.2) is 12.7 Å². The zero-order chi connectivity index (χ0) is 13.0. The summed E-state index contributed by atoms with van der Waals surface area (Å²) >= 11 is 0. The molecule has 0 aromatic carbocycles. The molecule has 0 spiro atoms. The highest BCUT2D eigenvalue weighted by molar-refractivity contribution is 5.54. The number of aryl methyl sites for hydroxylation is 1. The lowest BCUT2D eigenvalue weighted by atomic mass is 10.2. The molecular weight excluding hydrogens is 230 g/mol. The fourth-order valence-corrected chi connectivity index (χ4v) is 1.77. The Hall–Kier alpha value is -2.18. The molecule has 3 N–H and O–H groups in total. The van der Waals surface area contributed by atoms with Gasteiger partial charge in [-0.2, -0.15) is 0 Å². The molecule has 18 heavy (non-hydrogen) atoms. The Morgan fingerprint density at radius 1 is 1.33 bits per heavy atom. The van der Waals surface area contributed by atoms with Crippen LogP contribution in [0.4, 0.5) is 11.6 Å². The largest absolute Gasteiger partial charge is 0.383 e. The second-order valence-electron chi connectivity index (χ2n) is 3.83. The minimum atomic E-state index is 0.520. The number of aromatic nitrogens is 5. The molecule has 2 heterocycles. The molecule has 0 aliphatic carbocycles. The van der Waals surface area contributed by atoms with Crippen LogP contribution < -0.4 is 11.1 Å². The summed E-state index contributed by atoms with van der Waals surface area (Å²) in [6.45, 7) is 5.48. The van der Waals surface area contributed by atoms with Gasteiger partial charge in [0.15, 0.2) is 5.82 Å². The van der Waals surface area contributed by atoms with Gasteiger partial charge < -0.3 is 15.6 Å². The Bertz CT molecular complexity index is 520. The highest BCUT2D eigenvalue weighted by Gasteiger charge is 2.08. The van der Waals surface area contributed by atoms with Crippen LogP contribution in [0.2, 0.25) is 0 Å². The molecule has 0 saturated heterocycles. The number of nitrogen functional groups attached to an aromatic ring is 1. The van der Waals surface area contributed by atoms with Crippen molar-refractivity contribution in [2.45, 2.75) is 33.4 Å². The Kier molecular flexibility index (Phi) is 3.71. The van der Waals surface area contributed by atoms with Crippen molar-refractivity contribution >= 4 is 11.6 Å². The Labute approximate surface area is 105 Å². The van der Waals surface area contributed by atoms with Gasteiger partial charge >= 0.3 is 0 Å². The number of nitrogens with two attached hydrogens (primary N) is 1. The van der Waals surface area contributed by atoms with E-state index in [9.17, 15) is 0 Å². The van der Waals surface area contributed by atoms with Gasteiger partial charge in [-0.1, -0.05) is 6.92 Å². The fourth-order valence-electron chi connectivity index (χ4n) is 1.77. The van der Waals surface area contributed by atoms with E-state index < -0.39 is 0 Å². The minimum absolute atomic E-state index is 0.520. The maximum absolute atomic E-state index is 5.81. The second-order valence-corrected chi connectivity index (χ2v) is 3.83.